The lowest BCUT2D eigenvalue weighted by atomic mass is 10.2. The van der Waals surface area contributed by atoms with Crippen LogP contribution in [0, 0.1) is 0 Å². The van der Waals surface area contributed by atoms with Gasteiger partial charge in [0.05, 0.1) is 24.4 Å². The number of esters is 2. The molecule has 0 spiro atoms. The van der Waals surface area contributed by atoms with Gasteiger partial charge in [-0.1, -0.05) is 0 Å². The number of carbonyl (C=O) groups excluding carboxylic acids is 2. The predicted molar refractivity (Wildman–Crippen MR) is 67.9 cm³/mol. The van der Waals surface area contributed by atoms with Crippen LogP contribution in [-0.2, 0) is 19.1 Å². The SMILES string of the molecule is O=C1OCC/C1=C/NCCCN/C=C1/CCOC1=O. The fraction of sp³-hybridized carbons (Fsp3) is 0.538. The second-order valence-electron chi connectivity index (χ2n) is 4.37. The van der Waals surface area contributed by atoms with Gasteiger partial charge >= 0.3 is 11.9 Å². The van der Waals surface area contributed by atoms with E-state index < -0.39 is 0 Å². The molecule has 2 aliphatic heterocycles. The number of ether oxygens (including phenoxy) is 2. The molecular weight excluding hydrogens is 248 g/mol. The van der Waals surface area contributed by atoms with Crippen LogP contribution in [0.25, 0.3) is 0 Å². The number of cyclic esters (lactones) is 2. The van der Waals surface area contributed by atoms with Crippen LogP contribution in [0.2, 0.25) is 0 Å². The summed E-state index contributed by atoms with van der Waals surface area (Å²) >= 11 is 0. The van der Waals surface area contributed by atoms with Crippen LogP contribution < -0.4 is 10.6 Å². The Morgan fingerprint density at radius 2 is 1.37 bits per heavy atom. The summed E-state index contributed by atoms with van der Waals surface area (Å²) in [5.74, 6) is -0.454. The Bertz CT molecular complexity index is 377. The van der Waals surface area contributed by atoms with Crippen molar-refractivity contribution in [3.63, 3.8) is 0 Å². The summed E-state index contributed by atoms with van der Waals surface area (Å²) in [5, 5.41) is 6.16. The van der Waals surface area contributed by atoms with Gasteiger partial charge in [0.2, 0.25) is 0 Å². The highest BCUT2D eigenvalue weighted by Gasteiger charge is 2.18. The first-order chi connectivity index (χ1) is 9.27. The Labute approximate surface area is 111 Å². The van der Waals surface area contributed by atoms with E-state index in [0.717, 1.165) is 19.5 Å². The zero-order valence-corrected chi connectivity index (χ0v) is 10.7. The number of hydrogen-bond acceptors (Lipinski definition) is 6. The zero-order chi connectivity index (χ0) is 13.5. The molecule has 2 heterocycles. The molecule has 0 aromatic rings. The van der Waals surface area contributed by atoms with Crippen molar-refractivity contribution in [3.8, 4) is 0 Å². The molecule has 0 amide bonds. The van der Waals surface area contributed by atoms with Gasteiger partial charge in [-0.25, -0.2) is 9.59 Å². The summed E-state index contributed by atoms with van der Waals surface area (Å²) < 4.78 is 9.63. The molecule has 2 saturated heterocycles. The highest BCUT2D eigenvalue weighted by atomic mass is 16.5. The van der Waals surface area contributed by atoms with Crippen LogP contribution in [0.1, 0.15) is 19.3 Å². The molecule has 0 radical (unpaired) electrons. The second-order valence-corrected chi connectivity index (χ2v) is 4.37. The summed E-state index contributed by atoms with van der Waals surface area (Å²) in [5.41, 5.74) is 1.40. The maximum Gasteiger partial charge on any atom is 0.335 e. The van der Waals surface area contributed by atoms with E-state index >= 15 is 0 Å². The smallest absolute Gasteiger partial charge is 0.335 e. The predicted octanol–water partition coefficient (Wildman–Crippen LogP) is 0.217. The van der Waals surface area contributed by atoms with E-state index in [0.29, 0.717) is 37.2 Å². The zero-order valence-electron chi connectivity index (χ0n) is 10.7. The molecule has 2 fully saturated rings. The lowest BCUT2D eigenvalue weighted by Gasteiger charge is -2.02. The number of carbonyl (C=O) groups is 2. The van der Waals surface area contributed by atoms with Crippen LogP contribution in [-0.4, -0.2) is 38.2 Å². The van der Waals surface area contributed by atoms with Crippen molar-refractivity contribution in [1.82, 2.24) is 10.6 Å². The molecule has 0 aromatic carbocycles. The third kappa shape index (κ3) is 4.01. The molecule has 0 unspecified atom stereocenters. The van der Waals surface area contributed by atoms with E-state index in [1.807, 2.05) is 0 Å². The van der Waals surface area contributed by atoms with Gasteiger partial charge in [-0.05, 0) is 6.42 Å². The van der Waals surface area contributed by atoms with Crippen LogP contribution in [0.3, 0.4) is 0 Å². The monoisotopic (exact) mass is 266 g/mol. The van der Waals surface area contributed by atoms with Crippen molar-refractivity contribution < 1.29 is 19.1 Å². The van der Waals surface area contributed by atoms with E-state index in [9.17, 15) is 9.59 Å². The topological polar surface area (TPSA) is 76.7 Å². The average Bonchev–Trinajstić information content (AvgIpc) is 2.98. The van der Waals surface area contributed by atoms with Crippen molar-refractivity contribution in [1.29, 1.82) is 0 Å². The van der Waals surface area contributed by atoms with Gasteiger partial charge in [0.25, 0.3) is 0 Å². The summed E-state index contributed by atoms with van der Waals surface area (Å²) in [6.45, 7) is 2.49. The lowest BCUT2D eigenvalue weighted by molar-refractivity contribution is -0.135. The minimum Gasteiger partial charge on any atom is -0.462 e. The van der Waals surface area contributed by atoms with Crippen LogP contribution >= 0.6 is 0 Å². The Balaban J connectivity index is 1.55. The highest BCUT2D eigenvalue weighted by molar-refractivity contribution is 5.90. The summed E-state index contributed by atoms with van der Waals surface area (Å²) in [6.07, 6.45) is 5.69. The third-order valence-corrected chi connectivity index (χ3v) is 2.93. The third-order valence-electron chi connectivity index (χ3n) is 2.93. The molecule has 0 atom stereocenters. The lowest BCUT2D eigenvalue weighted by Crippen LogP contribution is -2.17. The van der Waals surface area contributed by atoms with Crippen molar-refractivity contribution in [3.05, 3.63) is 23.5 Å². The normalized spacial score (nSPS) is 22.7. The van der Waals surface area contributed by atoms with Crippen LogP contribution in [0.5, 0.6) is 0 Å². The number of hydrogen-bond donors (Lipinski definition) is 2. The first-order valence-electron chi connectivity index (χ1n) is 6.46. The van der Waals surface area contributed by atoms with E-state index in [1.54, 1.807) is 12.4 Å². The molecule has 2 aliphatic rings. The van der Waals surface area contributed by atoms with Gasteiger partial charge < -0.3 is 20.1 Å². The first kappa shape index (κ1) is 13.5. The van der Waals surface area contributed by atoms with Gasteiger partial charge in [-0.15, -0.1) is 0 Å². The molecule has 6 heteroatoms. The van der Waals surface area contributed by atoms with Crippen LogP contribution in [0.4, 0.5) is 0 Å². The molecule has 2 N–H and O–H groups in total. The van der Waals surface area contributed by atoms with Gasteiger partial charge in [0, 0.05) is 38.3 Å². The Hall–Kier alpha value is -1.98. The summed E-state index contributed by atoms with van der Waals surface area (Å²) in [7, 11) is 0. The van der Waals surface area contributed by atoms with Gasteiger partial charge in [0.1, 0.15) is 0 Å². The summed E-state index contributed by atoms with van der Waals surface area (Å²) in [6, 6.07) is 0. The van der Waals surface area contributed by atoms with Gasteiger partial charge in [-0.2, -0.15) is 0 Å². The molecule has 0 saturated carbocycles. The number of rotatable bonds is 6. The molecule has 19 heavy (non-hydrogen) atoms. The van der Waals surface area contributed by atoms with E-state index in [1.165, 1.54) is 0 Å². The Morgan fingerprint density at radius 1 is 0.895 bits per heavy atom. The van der Waals surface area contributed by atoms with Crippen LogP contribution in [0.15, 0.2) is 23.5 Å². The minimum absolute atomic E-state index is 0.227. The van der Waals surface area contributed by atoms with Crippen molar-refractivity contribution in [2.75, 3.05) is 26.3 Å². The van der Waals surface area contributed by atoms with Crippen molar-refractivity contribution in [2.24, 2.45) is 0 Å². The molecule has 104 valence electrons. The quantitative estimate of drug-likeness (QED) is 0.407. The fourth-order valence-corrected chi connectivity index (χ4v) is 1.84. The van der Waals surface area contributed by atoms with Gasteiger partial charge in [-0.3, -0.25) is 0 Å². The maximum atomic E-state index is 11.1. The Morgan fingerprint density at radius 3 is 1.74 bits per heavy atom. The average molecular weight is 266 g/mol. The van der Waals surface area contributed by atoms with E-state index in [-0.39, 0.29) is 11.9 Å². The summed E-state index contributed by atoms with van der Waals surface area (Å²) in [4.78, 5) is 22.2. The van der Waals surface area contributed by atoms with E-state index in [2.05, 4.69) is 10.6 Å². The largest absolute Gasteiger partial charge is 0.462 e. The molecule has 6 nitrogen and oxygen atoms in total. The second kappa shape index (κ2) is 6.82. The first-order valence-corrected chi connectivity index (χ1v) is 6.46. The fourth-order valence-electron chi connectivity index (χ4n) is 1.84. The molecule has 0 bridgehead atoms. The maximum absolute atomic E-state index is 11.1. The molecular formula is C13H18N2O4. The van der Waals surface area contributed by atoms with Crippen molar-refractivity contribution >= 4 is 11.9 Å². The number of nitrogens with one attached hydrogen (secondary N) is 2. The molecule has 0 aromatic heterocycles. The van der Waals surface area contributed by atoms with Gasteiger partial charge in [0.15, 0.2) is 0 Å². The molecule has 2 rings (SSSR count). The standard InChI is InChI=1S/C13H18N2O4/c16-12-10(2-6-18-12)8-14-4-1-5-15-9-11-3-7-19-13(11)17/h8-9,14-15H,1-7H2/b10-8-,11-9-. The highest BCUT2D eigenvalue weighted by Crippen LogP contribution is 2.11. The Kier molecular flexibility index (Phi) is 4.83. The minimum atomic E-state index is -0.227. The van der Waals surface area contributed by atoms with E-state index in [4.69, 9.17) is 9.47 Å². The van der Waals surface area contributed by atoms with Crippen molar-refractivity contribution in [2.45, 2.75) is 19.3 Å². The molecule has 0 aliphatic carbocycles.